The molecule has 1 fully saturated rings. The summed E-state index contributed by atoms with van der Waals surface area (Å²) >= 11 is 0. The lowest BCUT2D eigenvalue weighted by molar-refractivity contribution is 0.0253. The van der Waals surface area contributed by atoms with Crippen molar-refractivity contribution in [2.75, 3.05) is 38.4 Å². The van der Waals surface area contributed by atoms with Gasteiger partial charge in [-0.25, -0.2) is 18.6 Å². The summed E-state index contributed by atoms with van der Waals surface area (Å²) in [6, 6.07) is 4.65. The van der Waals surface area contributed by atoms with Crippen LogP contribution in [0.2, 0.25) is 0 Å². The number of carbonyl (C=O) groups is 2. The highest BCUT2D eigenvalue weighted by molar-refractivity contribution is 5.94. The predicted octanol–water partition coefficient (Wildman–Crippen LogP) is 2.73. The lowest BCUT2D eigenvalue weighted by atomic mass is 9.97. The first kappa shape index (κ1) is 23.8. The second kappa shape index (κ2) is 10.3. The van der Waals surface area contributed by atoms with Gasteiger partial charge in [-0.1, -0.05) is 0 Å². The number of nitrogens with zero attached hydrogens (tertiary/aromatic N) is 4. The molecule has 1 atom stereocenters. The number of aromatic nitrogens is 2. The van der Waals surface area contributed by atoms with Crippen molar-refractivity contribution >= 4 is 23.4 Å². The van der Waals surface area contributed by atoms with Gasteiger partial charge in [0.1, 0.15) is 18.0 Å². The summed E-state index contributed by atoms with van der Waals surface area (Å²) in [6.45, 7) is 1.25. The molecule has 0 unspecified atom stereocenters. The van der Waals surface area contributed by atoms with E-state index in [4.69, 9.17) is 10.1 Å². The minimum Gasteiger partial charge on any atom is -0.364 e. The van der Waals surface area contributed by atoms with E-state index in [2.05, 4.69) is 10.3 Å². The minimum atomic E-state index is -2.43. The van der Waals surface area contributed by atoms with Crippen molar-refractivity contribution in [2.24, 2.45) is 5.92 Å². The zero-order valence-electron chi connectivity index (χ0n) is 19.0. The van der Waals surface area contributed by atoms with E-state index in [0.29, 0.717) is 43.0 Å². The molecule has 0 aliphatic carbocycles. The third kappa shape index (κ3) is 4.93. The molecule has 4 heterocycles. The highest BCUT2D eigenvalue weighted by Crippen LogP contribution is 2.32. The maximum Gasteiger partial charge on any atom is 0.328 e. The van der Waals surface area contributed by atoms with E-state index in [-0.39, 0.29) is 24.7 Å². The van der Waals surface area contributed by atoms with E-state index in [1.54, 1.807) is 18.2 Å². The van der Waals surface area contributed by atoms with E-state index < -0.39 is 18.4 Å². The number of likely N-dealkylation sites (tertiary alicyclic amines) is 1. The van der Waals surface area contributed by atoms with Gasteiger partial charge in [0.2, 0.25) is 6.43 Å². The molecule has 0 radical (unpaired) electrons. The summed E-state index contributed by atoms with van der Waals surface area (Å²) in [4.78, 5) is 33.1. The molecular weight excluding hydrogens is 446 g/mol. The first-order valence-corrected chi connectivity index (χ1v) is 11.3. The van der Waals surface area contributed by atoms with Crippen LogP contribution in [-0.4, -0.2) is 66.3 Å². The molecule has 9 nitrogen and oxygen atoms in total. The number of amides is 2. The molecule has 2 aromatic heterocycles. The first-order chi connectivity index (χ1) is 16.4. The maximum absolute atomic E-state index is 13.1. The molecule has 2 aromatic rings. The van der Waals surface area contributed by atoms with Gasteiger partial charge in [0.15, 0.2) is 0 Å². The minimum absolute atomic E-state index is 0.00343. The summed E-state index contributed by atoms with van der Waals surface area (Å²) < 4.78 is 32.3. The Balaban J connectivity index is 1.54. The van der Waals surface area contributed by atoms with E-state index in [1.165, 1.54) is 29.0 Å². The van der Waals surface area contributed by atoms with Crippen LogP contribution in [0.4, 0.5) is 25.1 Å². The van der Waals surface area contributed by atoms with Gasteiger partial charge in [-0.3, -0.25) is 14.8 Å². The van der Waals surface area contributed by atoms with Crippen molar-refractivity contribution in [3.8, 4) is 0 Å². The van der Waals surface area contributed by atoms with Gasteiger partial charge in [0.25, 0.3) is 5.91 Å². The lowest BCUT2D eigenvalue weighted by Crippen LogP contribution is -2.42. The van der Waals surface area contributed by atoms with Gasteiger partial charge < -0.3 is 19.9 Å². The summed E-state index contributed by atoms with van der Waals surface area (Å²) in [6.07, 6.45) is 3.14. The standard InChI is InChI=1S/C23H28F2N6O3/c1-34-14-28-23(33)31-9-6-18(11-19(31)26)30-8-3-4-15-10-17(12-27-21(15)30)22(32)29-7-2-5-16(13-29)20(24)25/h6,9-12,16,20,26H,2-5,7-8,13-14H2,1H3,(H,28,33)/t16-/m1/s1. The van der Waals surface area contributed by atoms with Crippen LogP contribution in [0, 0.1) is 11.3 Å². The van der Waals surface area contributed by atoms with Gasteiger partial charge >= 0.3 is 6.03 Å². The molecule has 0 saturated carbocycles. The fraction of sp³-hybridized carbons (Fsp3) is 0.478. The molecule has 2 amide bonds. The molecule has 2 aliphatic rings. The zero-order chi connectivity index (χ0) is 24.2. The first-order valence-electron chi connectivity index (χ1n) is 11.3. The lowest BCUT2D eigenvalue weighted by Gasteiger charge is -2.33. The normalized spacial score (nSPS) is 18.1. The number of hydrogen-bond donors (Lipinski definition) is 2. The largest absolute Gasteiger partial charge is 0.364 e. The average Bonchev–Trinajstić information content (AvgIpc) is 2.86. The number of ether oxygens (including phenoxy) is 1. The number of piperidine rings is 1. The Kier molecular flexibility index (Phi) is 7.20. The van der Waals surface area contributed by atoms with Gasteiger partial charge in [0, 0.05) is 56.8 Å². The number of rotatable bonds is 5. The van der Waals surface area contributed by atoms with Gasteiger partial charge in [-0.2, -0.15) is 0 Å². The summed E-state index contributed by atoms with van der Waals surface area (Å²) in [5.74, 6) is -0.364. The fourth-order valence-corrected chi connectivity index (χ4v) is 4.47. The molecule has 0 aromatic carbocycles. The highest BCUT2D eigenvalue weighted by atomic mass is 19.3. The van der Waals surface area contributed by atoms with Crippen LogP contribution < -0.4 is 15.7 Å². The number of anilines is 2. The Morgan fingerprint density at radius 1 is 1.29 bits per heavy atom. The maximum atomic E-state index is 13.1. The van der Waals surface area contributed by atoms with Crippen molar-refractivity contribution in [1.82, 2.24) is 19.8 Å². The number of carbonyl (C=O) groups excluding carboxylic acids is 2. The molecule has 0 bridgehead atoms. The third-order valence-corrected chi connectivity index (χ3v) is 6.21. The number of pyridine rings is 2. The number of halogens is 2. The van der Waals surface area contributed by atoms with Crippen LogP contribution >= 0.6 is 0 Å². The summed E-state index contributed by atoms with van der Waals surface area (Å²) in [5, 5.41) is 10.8. The van der Waals surface area contributed by atoms with Gasteiger partial charge in [-0.05, 0) is 43.4 Å². The molecule has 0 spiro atoms. The molecule has 2 aliphatic heterocycles. The zero-order valence-corrected chi connectivity index (χ0v) is 19.0. The highest BCUT2D eigenvalue weighted by Gasteiger charge is 2.31. The SMILES string of the molecule is COCNC(=O)n1ccc(N2CCCc3cc(C(=O)N4CCC[C@@H](C(F)F)C4)cnc32)cc1=N. The Labute approximate surface area is 195 Å². The monoisotopic (exact) mass is 474 g/mol. The van der Waals surface area contributed by atoms with Crippen LogP contribution in [-0.2, 0) is 11.2 Å². The van der Waals surface area contributed by atoms with E-state index in [0.717, 1.165) is 18.4 Å². The Morgan fingerprint density at radius 2 is 2.12 bits per heavy atom. The van der Waals surface area contributed by atoms with Crippen LogP contribution in [0.15, 0.2) is 30.6 Å². The second-order valence-corrected chi connectivity index (χ2v) is 8.50. The smallest absolute Gasteiger partial charge is 0.328 e. The molecule has 182 valence electrons. The molecule has 34 heavy (non-hydrogen) atoms. The van der Waals surface area contributed by atoms with Crippen LogP contribution in [0.25, 0.3) is 0 Å². The Morgan fingerprint density at radius 3 is 2.85 bits per heavy atom. The van der Waals surface area contributed by atoms with Crippen LogP contribution in [0.5, 0.6) is 0 Å². The van der Waals surface area contributed by atoms with Gasteiger partial charge in [0.05, 0.1) is 5.56 Å². The van der Waals surface area contributed by atoms with Crippen molar-refractivity contribution < 1.29 is 23.1 Å². The Bertz CT molecular complexity index is 1120. The number of alkyl halides is 2. The predicted molar refractivity (Wildman–Crippen MR) is 120 cm³/mol. The number of nitrogens with one attached hydrogen (secondary N) is 2. The van der Waals surface area contributed by atoms with Crippen molar-refractivity contribution in [3.63, 3.8) is 0 Å². The summed E-state index contributed by atoms with van der Waals surface area (Å²) in [5.41, 5.74) is 2.01. The number of hydrogen-bond acceptors (Lipinski definition) is 6. The number of fused-ring (bicyclic) bond motifs is 1. The topological polar surface area (TPSA) is 104 Å². The second-order valence-electron chi connectivity index (χ2n) is 8.50. The van der Waals surface area contributed by atoms with E-state index in [1.807, 2.05) is 4.90 Å². The molecule has 2 N–H and O–H groups in total. The van der Waals surface area contributed by atoms with Crippen molar-refractivity contribution in [2.45, 2.75) is 32.1 Å². The number of methoxy groups -OCH3 is 1. The summed E-state index contributed by atoms with van der Waals surface area (Å²) in [7, 11) is 1.46. The van der Waals surface area contributed by atoms with Crippen LogP contribution in [0.3, 0.4) is 0 Å². The molecular formula is C23H28F2N6O3. The molecule has 11 heteroatoms. The van der Waals surface area contributed by atoms with Gasteiger partial charge in [-0.15, -0.1) is 0 Å². The van der Waals surface area contributed by atoms with E-state index >= 15 is 0 Å². The Hall–Kier alpha value is -3.34. The third-order valence-electron chi connectivity index (χ3n) is 6.21. The number of aryl methyl sites for hydroxylation is 1. The quantitative estimate of drug-likeness (QED) is 0.649. The van der Waals surface area contributed by atoms with Crippen molar-refractivity contribution in [1.29, 1.82) is 5.41 Å². The molecule has 4 rings (SSSR count). The average molecular weight is 475 g/mol. The van der Waals surface area contributed by atoms with Crippen LogP contribution in [0.1, 0.15) is 35.2 Å². The fourth-order valence-electron chi connectivity index (χ4n) is 4.47. The molecule has 1 saturated heterocycles. The van der Waals surface area contributed by atoms with E-state index in [9.17, 15) is 18.4 Å². The van der Waals surface area contributed by atoms with Crippen molar-refractivity contribution in [3.05, 3.63) is 47.2 Å².